The number of nitrogens with zero attached hydrogens (tertiary/aromatic N) is 1. The molecule has 0 bridgehead atoms. The molecule has 360 valence electrons. The van der Waals surface area contributed by atoms with Gasteiger partial charge in [-0.1, -0.05) is 55.4 Å². The van der Waals surface area contributed by atoms with E-state index in [1.165, 1.54) is 59.2 Å². The number of carboxylic acid groups (broad SMARTS) is 1. The van der Waals surface area contributed by atoms with E-state index in [9.17, 15) is 27.7 Å². The molecule has 1 saturated heterocycles. The molecule has 0 unspecified atom stereocenters. The molecule has 7 saturated carbocycles. The van der Waals surface area contributed by atoms with Crippen LogP contribution in [0.25, 0.3) is 0 Å². The molecule has 8 rings (SSSR count). The van der Waals surface area contributed by atoms with E-state index in [4.69, 9.17) is 18.5 Å². The molecule has 12 nitrogen and oxygen atoms in total. The number of carbonyl (C=O) groups excluding carboxylic acids is 1. The van der Waals surface area contributed by atoms with Crippen LogP contribution >= 0.6 is 7.60 Å². The Morgan fingerprint density at radius 3 is 2.08 bits per heavy atom. The maximum absolute atomic E-state index is 13.7. The molecule has 0 spiro atoms. The molecule has 7 aliphatic carbocycles. The van der Waals surface area contributed by atoms with Gasteiger partial charge < -0.3 is 28.9 Å². The molecule has 14 atom stereocenters. The van der Waals surface area contributed by atoms with Crippen molar-refractivity contribution in [1.82, 2.24) is 10.2 Å². The zero-order valence-corrected chi connectivity index (χ0v) is 42.3. The number of fused-ring (bicyclic) bond motifs is 7. The lowest BCUT2D eigenvalue weighted by molar-refractivity contribution is -0.248. The van der Waals surface area contributed by atoms with E-state index >= 15 is 0 Å². The zero-order chi connectivity index (χ0) is 46.0. The predicted molar refractivity (Wildman–Crippen MR) is 244 cm³/mol. The molecule has 0 aromatic heterocycles. The summed E-state index contributed by atoms with van der Waals surface area (Å²) in [4.78, 5) is 27.6. The van der Waals surface area contributed by atoms with Gasteiger partial charge in [0.1, 0.15) is 12.5 Å². The van der Waals surface area contributed by atoms with Gasteiger partial charge in [-0.05, 0) is 147 Å². The summed E-state index contributed by atoms with van der Waals surface area (Å²) in [6, 6.07) is -0.107. The summed E-state index contributed by atoms with van der Waals surface area (Å²) < 4.78 is 61.5. The molecule has 0 radical (unpaired) electrons. The molecular weight excluding hydrogens is 840 g/mol. The maximum atomic E-state index is 13.7. The van der Waals surface area contributed by atoms with Crippen molar-refractivity contribution in [3.63, 3.8) is 0 Å². The number of carboxylic acids is 1. The fraction of sp³-hybridized carbons (Fsp3) is 0.959. The Kier molecular flexibility index (Phi) is 12.5. The highest BCUT2D eigenvalue weighted by Crippen LogP contribution is 2.78. The summed E-state index contributed by atoms with van der Waals surface area (Å²) in [7, 11) is -3.72. The van der Waals surface area contributed by atoms with Crippen molar-refractivity contribution in [3.8, 4) is 0 Å². The zero-order valence-electron chi connectivity index (χ0n) is 40.6. The van der Waals surface area contributed by atoms with Crippen LogP contribution < -0.4 is 5.32 Å². The van der Waals surface area contributed by atoms with Crippen LogP contribution in [0.3, 0.4) is 0 Å². The standard InChI is InChI=1S/C49H83N2O10PS/c1-31(60-30-62(55,58-10)59-11)35(51-24-26-63(56,57)27-25-51)29-50-49-19-14-32(45(6)20-21-45)40(49)33-12-13-37-46(7)17-16-38(61-42(54)41-34(28-39(52)53)43(41,2)3)44(4,5)36(46)15-18-48(37,9)47(33,8)22-23-49/h31-38,40-41,50H,12-30H2,1-11H3,(H,52,53)/t31-,32-,33-,34-,35-,36+,37-,38+,40-,41-,46+,47-,48-,49+/m1/s1. The molecule has 0 amide bonds. The molecule has 0 aromatic rings. The van der Waals surface area contributed by atoms with Gasteiger partial charge in [0, 0.05) is 57.3 Å². The number of hydrogen-bond donors (Lipinski definition) is 2. The van der Waals surface area contributed by atoms with Crippen molar-refractivity contribution in [3.05, 3.63) is 0 Å². The summed E-state index contributed by atoms with van der Waals surface area (Å²) in [6.45, 7) is 22.9. The average molecular weight is 923 g/mol. The molecular formula is C49H83N2O10PS. The van der Waals surface area contributed by atoms with Gasteiger partial charge in [-0.25, -0.2) is 8.42 Å². The van der Waals surface area contributed by atoms with E-state index in [2.05, 4.69) is 51.8 Å². The fourth-order valence-corrected chi connectivity index (χ4v) is 18.9. The number of sulfone groups is 1. The van der Waals surface area contributed by atoms with Crippen LogP contribution in [-0.4, -0.2) is 106 Å². The third-order valence-corrected chi connectivity index (χ3v) is 24.6. The highest BCUT2D eigenvalue weighted by molar-refractivity contribution is 7.91. The Bertz CT molecular complexity index is 1920. The topological polar surface area (TPSA) is 158 Å². The summed E-state index contributed by atoms with van der Waals surface area (Å²) in [5.74, 6) is 1.52. The lowest BCUT2D eigenvalue weighted by atomic mass is 9.32. The Morgan fingerprint density at radius 1 is 0.794 bits per heavy atom. The largest absolute Gasteiger partial charge is 0.481 e. The highest BCUT2D eigenvalue weighted by atomic mass is 32.2. The number of nitrogens with one attached hydrogen (secondary N) is 1. The SMILES string of the molecule is COP(=O)(CO[C@H](C)[C@@H](CN[C@]12CC[C@@H](C3(C)CC3)[C@@H]1[C@H]1CC[C@@H]3[C@@]4(C)CC[C@H](OC(=O)[C@H]5[C@@H](CC(=O)O)C5(C)C)C(C)(C)[C@@H]4CC[C@@]3(C)[C@]1(C)CC2)N1CCS(=O)(=O)CC1)OC. The quantitative estimate of drug-likeness (QED) is 0.119. The van der Waals surface area contributed by atoms with E-state index in [1.807, 2.05) is 20.8 Å². The van der Waals surface area contributed by atoms with Gasteiger partial charge >= 0.3 is 19.5 Å². The number of ether oxygens (including phenoxy) is 2. The van der Waals surface area contributed by atoms with Crippen molar-refractivity contribution >= 4 is 29.4 Å². The summed E-state index contributed by atoms with van der Waals surface area (Å²) >= 11 is 0. The lowest BCUT2D eigenvalue weighted by Crippen LogP contribution is -2.69. The second-order valence-corrected chi connectivity index (χ2v) is 29.1. The van der Waals surface area contributed by atoms with Crippen molar-refractivity contribution < 1.29 is 46.2 Å². The minimum absolute atomic E-state index is 0.0106. The molecule has 14 heteroatoms. The van der Waals surface area contributed by atoms with E-state index in [1.54, 1.807) is 0 Å². The van der Waals surface area contributed by atoms with Crippen molar-refractivity contribution in [2.45, 2.75) is 170 Å². The van der Waals surface area contributed by atoms with E-state index in [0.717, 1.165) is 32.1 Å². The minimum atomic E-state index is -3.40. The summed E-state index contributed by atoms with van der Waals surface area (Å²) in [5, 5.41) is 13.8. The molecule has 1 aliphatic heterocycles. The van der Waals surface area contributed by atoms with E-state index < -0.39 is 23.4 Å². The average Bonchev–Trinajstić information content (AvgIpc) is 4.02. The number of carbonyl (C=O) groups is 2. The first-order chi connectivity index (χ1) is 29.3. The molecule has 1 heterocycles. The van der Waals surface area contributed by atoms with Crippen LogP contribution in [0, 0.1) is 73.9 Å². The van der Waals surface area contributed by atoms with Gasteiger partial charge in [0.15, 0.2) is 9.84 Å². The first-order valence-electron chi connectivity index (χ1n) is 24.7. The van der Waals surface area contributed by atoms with Gasteiger partial charge in [-0.15, -0.1) is 0 Å². The Balaban J connectivity index is 1.03. The maximum Gasteiger partial charge on any atom is 0.355 e. The second kappa shape index (κ2) is 16.3. The van der Waals surface area contributed by atoms with Gasteiger partial charge in [-0.2, -0.15) is 0 Å². The Morgan fingerprint density at radius 2 is 1.46 bits per heavy atom. The molecule has 8 fully saturated rings. The monoisotopic (exact) mass is 923 g/mol. The summed E-state index contributed by atoms with van der Waals surface area (Å²) in [5.41, 5.74) is 0.317. The van der Waals surface area contributed by atoms with Crippen LogP contribution in [-0.2, 0) is 42.5 Å². The van der Waals surface area contributed by atoms with Gasteiger partial charge in [0.05, 0.1) is 23.5 Å². The smallest absolute Gasteiger partial charge is 0.355 e. The first-order valence-corrected chi connectivity index (χ1v) is 28.3. The van der Waals surface area contributed by atoms with Crippen LogP contribution in [0.2, 0.25) is 0 Å². The highest BCUT2D eigenvalue weighted by Gasteiger charge is 2.73. The van der Waals surface area contributed by atoms with E-state index in [0.29, 0.717) is 54.6 Å². The lowest BCUT2D eigenvalue weighted by Gasteiger charge is -2.73. The van der Waals surface area contributed by atoms with Crippen LogP contribution in [0.15, 0.2) is 0 Å². The number of esters is 1. The number of hydrogen-bond acceptors (Lipinski definition) is 11. The van der Waals surface area contributed by atoms with Crippen LogP contribution in [0.4, 0.5) is 0 Å². The van der Waals surface area contributed by atoms with Crippen LogP contribution in [0.5, 0.6) is 0 Å². The molecule has 63 heavy (non-hydrogen) atoms. The summed E-state index contributed by atoms with van der Waals surface area (Å²) in [6.07, 6.45) is 13.3. The second-order valence-electron chi connectivity index (χ2n) is 24.6. The normalized spacial score (nSPS) is 44.2. The fourth-order valence-electron chi connectivity index (χ4n) is 16.9. The van der Waals surface area contributed by atoms with Crippen LogP contribution in [0.1, 0.15) is 146 Å². The molecule has 0 aromatic carbocycles. The number of aliphatic carboxylic acids is 1. The van der Waals surface area contributed by atoms with E-state index in [-0.39, 0.29) is 92.9 Å². The van der Waals surface area contributed by atoms with Crippen molar-refractivity contribution in [2.24, 2.45) is 73.9 Å². The van der Waals surface area contributed by atoms with Gasteiger partial charge in [-0.3, -0.25) is 19.1 Å². The molecule has 8 aliphatic rings. The van der Waals surface area contributed by atoms with Crippen molar-refractivity contribution in [2.75, 3.05) is 51.7 Å². The first kappa shape index (κ1) is 48.4. The molecule has 2 N–H and O–H groups in total. The van der Waals surface area contributed by atoms with Gasteiger partial charge in [0.2, 0.25) is 0 Å². The van der Waals surface area contributed by atoms with Gasteiger partial charge in [0.25, 0.3) is 0 Å². The predicted octanol–water partition coefficient (Wildman–Crippen LogP) is 8.82. The Hall–Kier alpha value is -1.08. The van der Waals surface area contributed by atoms with Crippen molar-refractivity contribution in [1.29, 1.82) is 0 Å². The number of rotatable bonds is 15. The third-order valence-electron chi connectivity index (χ3n) is 21.4. The third kappa shape index (κ3) is 7.97. The Labute approximate surface area is 379 Å². The minimum Gasteiger partial charge on any atom is -0.481 e.